The molecule has 8 heteroatoms. The second-order valence-electron chi connectivity index (χ2n) is 6.93. The van der Waals surface area contributed by atoms with Gasteiger partial charge in [-0.05, 0) is 35.7 Å². The fraction of sp³-hybridized carbons (Fsp3) is 0.364. The largest absolute Gasteiger partial charge is 0.493 e. The van der Waals surface area contributed by atoms with E-state index < -0.39 is 5.91 Å². The van der Waals surface area contributed by atoms with Crippen molar-refractivity contribution in [1.82, 2.24) is 10.2 Å². The molecule has 1 saturated heterocycles. The number of hydrogen-bond acceptors (Lipinski definition) is 5. The molecule has 0 aromatic heterocycles. The fourth-order valence-corrected chi connectivity index (χ4v) is 3.46. The van der Waals surface area contributed by atoms with Gasteiger partial charge in [0.2, 0.25) is 0 Å². The standard InChI is InChI=1S/C22H27N3O4.ClH/c1-3-15-4-6-16(7-5-15)18-13-24-10-11-25(18)22(27)17-8-9-19(20(12-17)28-2)29-14-21(23)26;/h4-9,12,18,24H,3,10-11,13-14H2,1-2H3,(H2,23,26);1H. The Bertz CT molecular complexity index is 873. The molecule has 0 radical (unpaired) electrons. The van der Waals surface area contributed by atoms with Crippen molar-refractivity contribution in [3.8, 4) is 11.5 Å². The first-order chi connectivity index (χ1) is 14.0. The second kappa shape index (κ2) is 10.8. The number of nitrogens with one attached hydrogen (secondary N) is 1. The van der Waals surface area contributed by atoms with E-state index in [2.05, 4.69) is 36.5 Å². The first kappa shape index (κ1) is 23.5. The van der Waals surface area contributed by atoms with Crippen LogP contribution in [0.2, 0.25) is 0 Å². The Morgan fingerprint density at radius 1 is 1.17 bits per heavy atom. The zero-order valence-electron chi connectivity index (χ0n) is 17.2. The Labute approximate surface area is 182 Å². The van der Waals surface area contributed by atoms with Crippen molar-refractivity contribution in [3.05, 3.63) is 59.2 Å². The monoisotopic (exact) mass is 433 g/mol. The molecule has 2 aromatic rings. The summed E-state index contributed by atoms with van der Waals surface area (Å²) in [6.07, 6.45) is 0.982. The van der Waals surface area contributed by atoms with Gasteiger partial charge in [-0.3, -0.25) is 9.59 Å². The van der Waals surface area contributed by atoms with Gasteiger partial charge in [0.05, 0.1) is 13.2 Å². The van der Waals surface area contributed by atoms with Crippen molar-refractivity contribution in [2.45, 2.75) is 19.4 Å². The molecule has 0 aliphatic carbocycles. The van der Waals surface area contributed by atoms with E-state index in [-0.39, 0.29) is 31.0 Å². The van der Waals surface area contributed by atoms with E-state index in [4.69, 9.17) is 15.2 Å². The first-order valence-corrected chi connectivity index (χ1v) is 9.73. The molecule has 1 aliphatic heterocycles. The summed E-state index contributed by atoms with van der Waals surface area (Å²) in [4.78, 5) is 26.1. The highest BCUT2D eigenvalue weighted by molar-refractivity contribution is 5.95. The maximum atomic E-state index is 13.3. The molecular formula is C22H28ClN3O4. The molecule has 3 rings (SSSR count). The van der Waals surface area contributed by atoms with Gasteiger partial charge in [0.25, 0.3) is 11.8 Å². The van der Waals surface area contributed by atoms with Crippen LogP contribution in [0.15, 0.2) is 42.5 Å². The van der Waals surface area contributed by atoms with Crippen molar-refractivity contribution < 1.29 is 19.1 Å². The van der Waals surface area contributed by atoms with Crippen molar-refractivity contribution in [2.75, 3.05) is 33.4 Å². The maximum Gasteiger partial charge on any atom is 0.255 e. The van der Waals surface area contributed by atoms with Crippen LogP contribution in [-0.4, -0.2) is 50.1 Å². The van der Waals surface area contributed by atoms with Gasteiger partial charge in [0.1, 0.15) is 0 Å². The van der Waals surface area contributed by atoms with Gasteiger partial charge in [-0.15, -0.1) is 12.4 Å². The summed E-state index contributed by atoms with van der Waals surface area (Å²) in [5, 5.41) is 3.37. The van der Waals surface area contributed by atoms with Crippen molar-refractivity contribution in [2.24, 2.45) is 5.73 Å². The second-order valence-corrected chi connectivity index (χ2v) is 6.93. The molecule has 1 aliphatic rings. The highest BCUT2D eigenvalue weighted by atomic mass is 35.5. The number of amides is 2. The summed E-state index contributed by atoms with van der Waals surface area (Å²) in [5.74, 6) is 0.103. The number of halogens is 1. The lowest BCUT2D eigenvalue weighted by Gasteiger charge is -2.36. The van der Waals surface area contributed by atoms with Gasteiger partial charge in [0, 0.05) is 25.2 Å². The zero-order chi connectivity index (χ0) is 20.8. The summed E-state index contributed by atoms with van der Waals surface area (Å²) in [5.41, 5.74) is 8.01. The summed E-state index contributed by atoms with van der Waals surface area (Å²) < 4.78 is 10.7. The van der Waals surface area contributed by atoms with E-state index in [0.717, 1.165) is 18.5 Å². The Kier molecular flexibility index (Phi) is 8.50. The first-order valence-electron chi connectivity index (χ1n) is 9.73. The van der Waals surface area contributed by atoms with Crippen LogP contribution in [0.25, 0.3) is 0 Å². The molecule has 162 valence electrons. The molecule has 1 heterocycles. The molecule has 1 unspecified atom stereocenters. The number of benzene rings is 2. The lowest BCUT2D eigenvalue weighted by Crippen LogP contribution is -2.48. The number of aryl methyl sites for hydroxylation is 1. The molecule has 3 N–H and O–H groups in total. The van der Waals surface area contributed by atoms with E-state index in [1.807, 2.05) is 4.90 Å². The van der Waals surface area contributed by atoms with E-state index in [1.165, 1.54) is 12.7 Å². The summed E-state index contributed by atoms with van der Waals surface area (Å²) in [6.45, 7) is 3.93. The zero-order valence-corrected chi connectivity index (χ0v) is 18.0. The van der Waals surface area contributed by atoms with Gasteiger partial charge < -0.3 is 25.4 Å². The quantitative estimate of drug-likeness (QED) is 0.699. The lowest BCUT2D eigenvalue weighted by molar-refractivity contribution is -0.119. The number of carbonyl (C=O) groups is 2. The Morgan fingerprint density at radius 2 is 1.90 bits per heavy atom. The minimum atomic E-state index is -0.579. The Morgan fingerprint density at radius 3 is 2.53 bits per heavy atom. The smallest absolute Gasteiger partial charge is 0.255 e. The normalized spacial score (nSPS) is 15.8. The molecule has 1 atom stereocenters. The van der Waals surface area contributed by atoms with Gasteiger partial charge in [0.15, 0.2) is 18.1 Å². The van der Waals surface area contributed by atoms with Crippen molar-refractivity contribution in [3.63, 3.8) is 0 Å². The Balaban J connectivity index is 0.00000320. The number of primary amides is 1. The number of piperazine rings is 1. The third-order valence-electron chi connectivity index (χ3n) is 5.06. The molecule has 30 heavy (non-hydrogen) atoms. The number of nitrogens with two attached hydrogens (primary N) is 1. The van der Waals surface area contributed by atoms with Crippen LogP contribution in [-0.2, 0) is 11.2 Å². The van der Waals surface area contributed by atoms with Crippen LogP contribution < -0.4 is 20.5 Å². The topological polar surface area (TPSA) is 93.9 Å². The number of carbonyl (C=O) groups excluding carboxylic acids is 2. The van der Waals surface area contributed by atoms with Gasteiger partial charge in [-0.2, -0.15) is 0 Å². The minimum absolute atomic E-state index is 0. The number of ether oxygens (including phenoxy) is 2. The average Bonchev–Trinajstić information content (AvgIpc) is 2.77. The third kappa shape index (κ3) is 5.43. The van der Waals surface area contributed by atoms with E-state index >= 15 is 0 Å². The molecule has 0 bridgehead atoms. The van der Waals surface area contributed by atoms with Gasteiger partial charge >= 0.3 is 0 Å². The molecule has 0 spiro atoms. The third-order valence-corrected chi connectivity index (χ3v) is 5.06. The molecule has 7 nitrogen and oxygen atoms in total. The predicted octanol–water partition coefficient (Wildman–Crippen LogP) is 2.33. The van der Waals surface area contributed by atoms with Crippen molar-refractivity contribution in [1.29, 1.82) is 0 Å². The fourth-order valence-electron chi connectivity index (χ4n) is 3.46. The molecule has 2 amide bonds. The van der Waals surface area contributed by atoms with Gasteiger partial charge in [-0.25, -0.2) is 0 Å². The molecule has 1 fully saturated rings. The Hall–Kier alpha value is -2.77. The highest BCUT2D eigenvalue weighted by Gasteiger charge is 2.29. The summed E-state index contributed by atoms with van der Waals surface area (Å²) in [6, 6.07) is 13.3. The summed E-state index contributed by atoms with van der Waals surface area (Å²) >= 11 is 0. The van der Waals surface area contributed by atoms with Gasteiger partial charge in [-0.1, -0.05) is 31.2 Å². The van der Waals surface area contributed by atoms with Crippen LogP contribution in [0, 0.1) is 0 Å². The lowest BCUT2D eigenvalue weighted by atomic mass is 10.00. The number of nitrogens with zero attached hydrogens (tertiary/aromatic N) is 1. The maximum absolute atomic E-state index is 13.3. The minimum Gasteiger partial charge on any atom is -0.493 e. The van der Waals surface area contributed by atoms with Crippen molar-refractivity contribution >= 4 is 24.2 Å². The van der Waals surface area contributed by atoms with Crippen LogP contribution in [0.5, 0.6) is 11.5 Å². The number of rotatable bonds is 7. The molecule has 2 aromatic carbocycles. The van der Waals surface area contributed by atoms with Crippen LogP contribution in [0.3, 0.4) is 0 Å². The number of methoxy groups -OCH3 is 1. The van der Waals surface area contributed by atoms with Crippen LogP contribution in [0.1, 0.15) is 34.5 Å². The predicted molar refractivity (Wildman–Crippen MR) is 117 cm³/mol. The average molecular weight is 434 g/mol. The van der Waals surface area contributed by atoms with E-state index in [0.29, 0.717) is 30.2 Å². The highest BCUT2D eigenvalue weighted by Crippen LogP contribution is 2.30. The molecule has 0 saturated carbocycles. The number of hydrogen-bond donors (Lipinski definition) is 2. The van der Waals surface area contributed by atoms with Crippen LogP contribution in [0.4, 0.5) is 0 Å². The van der Waals surface area contributed by atoms with E-state index in [9.17, 15) is 9.59 Å². The van der Waals surface area contributed by atoms with E-state index in [1.54, 1.807) is 18.2 Å². The molecular weight excluding hydrogens is 406 g/mol. The SMILES string of the molecule is CCc1ccc(C2CNCCN2C(=O)c2ccc(OCC(N)=O)c(OC)c2)cc1.Cl. The summed E-state index contributed by atoms with van der Waals surface area (Å²) in [7, 11) is 1.49. The van der Waals surface area contributed by atoms with Crippen LogP contribution >= 0.6 is 12.4 Å².